The van der Waals surface area contributed by atoms with Crippen LogP contribution >= 0.6 is 11.3 Å². The molecule has 25 heavy (non-hydrogen) atoms. The maximum Gasteiger partial charge on any atom is 0.171 e. The van der Waals surface area contributed by atoms with Gasteiger partial charge in [0, 0.05) is 23.2 Å². The van der Waals surface area contributed by atoms with Crippen LogP contribution in [0.2, 0.25) is 0 Å². The molecule has 1 fully saturated rings. The van der Waals surface area contributed by atoms with E-state index in [4.69, 9.17) is 11.4 Å². The van der Waals surface area contributed by atoms with E-state index in [1.54, 1.807) is 19.3 Å². The summed E-state index contributed by atoms with van der Waals surface area (Å²) in [5.41, 5.74) is 0.651. The molecular formula is C18H17N5OS. The highest BCUT2D eigenvalue weighted by atomic mass is 32.1. The van der Waals surface area contributed by atoms with Gasteiger partial charge in [-0.05, 0) is 31.9 Å². The van der Waals surface area contributed by atoms with Crippen molar-refractivity contribution in [2.75, 3.05) is 4.90 Å². The lowest BCUT2D eigenvalue weighted by Gasteiger charge is -2.22. The van der Waals surface area contributed by atoms with Crippen molar-refractivity contribution in [3.05, 3.63) is 41.0 Å². The van der Waals surface area contributed by atoms with Crippen molar-refractivity contribution in [1.82, 2.24) is 20.2 Å². The van der Waals surface area contributed by atoms with Crippen LogP contribution in [-0.4, -0.2) is 31.3 Å². The van der Waals surface area contributed by atoms with Crippen molar-refractivity contribution < 1.29 is 5.11 Å². The summed E-state index contributed by atoms with van der Waals surface area (Å²) in [7, 11) is 0. The molecule has 1 saturated carbocycles. The smallest absolute Gasteiger partial charge is 0.171 e. The number of anilines is 2. The normalized spacial score (nSPS) is 14.9. The number of hydrogen-bond donors (Lipinski definition) is 2. The molecule has 0 radical (unpaired) electrons. The highest BCUT2D eigenvalue weighted by Gasteiger charge is 2.33. The first-order valence-corrected chi connectivity index (χ1v) is 8.89. The molecule has 0 saturated heterocycles. The van der Waals surface area contributed by atoms with Crippen molar-refractivity contribution in [3.63, 3.8) is 0 Å². The maximum atomic E-state index is 9.74. The first kappa shape index (κ1) is 15.8. The minimum absolute atomic E-state index is 0.367. The Morgan fingerprint density at radius 3 is 2.84 bits per heavy atom. The summed E-state index contributed by atoms with van der Waals surface area (Å²) in [6.07, 6.45) is 10.8. The van der Waals surface area contributed by atoms with E-state index < -0.39 is 6.10 Å². The fourth-order valence-electron chi connectivity index (χ4n) is 2.67. The lowest BCUT2D eigenvalue weighted by atomic mass is 10.2. The maximum absolute atomic E-state index is 9.74. The average Bonchev–Trinajstić information content (AvgIpc) is 3.11. The number of thiophene rings is 1. The number of nitrogens with one attached hydrogen (secondary N) is 1. The molecule has 4 rings (SSSR count). The molecule has 0 spiro atoms. The Labute approximate surface area is 149 Å². The molecule has 7 heteroatoms. The van der Waals surface area contributed by atoms with Crippen LogP contribution in [0.15, 0.2) is 30.6 Å². The number of nitrogens with zero attached hydrogens (tertiary/aromatic N) is 4. The van der Waals surface area contributed by atoms with Gasteiger partial charge in [-0.2, -0.15) is 5.10 Å². The van der Waals surface area contributed by atoms with Gasteiger partial charge in [-0.1, -0.05) is 5.92 Å². The minimum Gasteiger partial charge on any atom is -0.388 e. The summed E-state index contributed by atoms with van der Waals surface area (Å²) >= 11 is 1.48. The number of rotatable bonds is 5. The van der Waals surface area contributed by atoms with E-state index in [1.165, 1.54) is 11.3 Å². The van der Waals surface area contributed by atoms with Crippen LogP contribution < -0.4 is 4.90 Å². The second-order valence-corrected chi connectivity index (χ2v) is 7.11. The number of H-pyrrole nitrogens is 1. The van der Waals surface area contributed by atoms with E-state index in [2.05, 4.69) is 26.0 Å². The standard InChI is InChI=1S/C18H17N5OS/c1-3-12-10-19-17(15-7-6-14(25-15)11(2)24)21-18(12)23(13-4-5-13)16-8-9-20-22-16/h1,6-11,13,24H,4-5H2,2H3,(H,20,22). The average molecular weight is 351 g/mol. The molecule has 0 aromatic carbocycles. The van der Waals surface area contributed by atoms with Crippen molar-refractivity contribution >= 4 is 23.0 Å². The molecule has 0 bridgehead atoms. The quantitative estimate of drug-likeness (QED) is 0.690. The predicted octanol–water partition coefficient (Wildman–Crippen LogP) is 3.26. The molecule has 3 aromatic rings. The van der Waals surface area contributed by atoms with Crippen molar-refractivity contribution in [1.29, 1.82) is 0 Å². The van der Waals surface area contributed by atoms with Crippen LogP contribution in [0.1, 0.15) is 36.3 Å². The van der Waals surface area contributed by atoms with Gasteiger partial charge >= 0.3 is 0 Å². The number of aliphatic hydroxyl groups is 1. The molecule has 0 aliphatic heterocycles. The second kappa shape index (κ2) is 6.31. The highest BCUT2D eigenvalue weighted by Crippen LogP contribution is 2.38. The van der Waals surface area contributed by atoms with Gasteiger partial charge in [0.15, 0.2) is 11.6 Å². The van der Waals surface area contributed by atoms with Gasteiger partial charge in [0.05, 0.1) is 22.7 Å². The Morgan fingerprint density at radius 2 is 2.24 bits per heavy atom. The first-order valence-electron chi connectivity index (χ1n) is 8.08. The summed E-state index contributed by atoms with van der Waals surface area (Å²) in [6.45, 7) is 1.75. The summed E-state index contributed by atoms with van der Waals surface area (Å²) in [4.78, 5) is 13.1. The molecule has 1 aliphatic carbocycles. The Morgan fingerprint density at radius 1 is 1.40 bits per heavy atom. The fraction of sp³-hybridized carbons (Fsp3) is 0.278. The number of aromatic amines is 1. The zero-order valence-electron chi connectivity index (χ0n) is 13.7. The summed E-state index contributed by atoms with van der Waals surface area (Å²) < 4.78 is 0. The van der Waals surface area contributed by atoms with E-state index in [-0.39, 0.29) is 0 Å². The molecule has 2 N–H and O–H groups in total. The van der Waals surface area contributed by atoms with E-state index in [0.29, 0.717) is 23.2 Å². The second-order valence-electron chi connectivity index (χ2n) is 6.00. The summed E-state index contributed by atoms with van der Waals surface area (Å²) in [6, 6.07) is 6.11. The van der Waals surface area contributed by atoms with Gasteiger partial charge in [0.25, 0.3) is 0 Å². The van der Waals surface area contributed by atoms with Crippen LogP contribution in [-0.2, 0) is 0 Å². The van der Waals surface area contributed by atoms with Crippen LogP contribution in [0.3, 0.4) is 0 Å². The summed E-state index contributed by atoms with van der Waals surface area (Å²) in [5, 5.41) is 16.8. The Bertz CT molecular complexity index is 921. The van der Waals surface area contributed by atoms with Crippen LogP contribution in [0.25, 0.3) is 10.7 Å². The lowest BCUT2D eigenvalue weighted by Crippen LogP contribution is -2.22. The van der Waals surface area contributed by atoms with E-state index in [9.17, 15) is 5.11 Å². The fourth-order valence-corrected chi connectivity index (χ4v) is 3.56. The van der Waals surface area contributed by atoms with E-state index >= 15 is 0 Å². The molecule has 0 amide bonds. The molecule has 3 heterocycles. The van der Waals surface area contributed by atoms with Gasteiger partial charge in [0.1, 0.15) is 5.82 Å². The lowest BCUT2D eigenvalue weighted by molar-refractivity contribution is 0.203. The Kier molecular flexibility index (Phi) is 3.99. The van der Waals surface area contributed by atoms with Gasteiger partial charge < -0.3 is 10.0 Å². The zero-order valence-corrected chi connectivity index (χ0v) is 14.5. The number of terminal acetylenes is 1. The van der Waals surface area contributed by atoms with Crippen molar-refractivity contribution in [2.24, 2.45) is 0 Å². The molecule has 3 aromatic heterocycles. The summed E-state index contributed by atoms with van der Waals surface area (Å²) in [5.74, 6) is 4.88. The molecular weight excluding hydrogens is 334 g/mol. The molecule has 126 valence electrons. The Hall–Kier alpha value is -2.69. The molecule has 1 aliphatic rings. The monoisotopic (exact) mass is 351 g/mol. The third kappa shape index (κ3) is 3.02. The van der Waals surface area contributed by atoms with Crippen molar-refractivity contribution in [2.45, 2.75) is 31.9 Å². The number of aliphatic hydroxyl groups excluding tert-OH is 1. The Balaban J connectivity index is 1.79. The van der Waals surface area contributed by atoms with E-state index in [0.717, 1.165) is 28.4 Å². The molecule has 1 unspecified atom stereocenters. The van der Waals surface area contributed by atoms with E-state index in [1.807, 2.05) is 18.2 Å². The SMILES string of the molecule is C#Cc1cnc(-c2ccc(C(C)O)s2)nc1N(c1ccn[nH]1)C1CC1. The van der Waals surface area contributed by atoms with Crippen LogP contribution in [0.4, 0.5) is 11.6 Å². The third-order valence-electron chi connectivity index (χ3n) is 4.07. The minimum atomic E-state index is -0.504. The number of hydrogen-bond acceptors (Lipinski definition) is 6. The van der Waals surface area contributed by atoms with Gasteiger partial charge in [-0.3, -0.25) is 5.10 Å². The largest absolute Gasteiger partial charge is 0.388 e. The third-order valence-corrected chi connectivity index (χ3v) is 5.32. The highest BCUT2D eigenvalue weighted by molar-refractivity contribution is 7.15. The van der Waals surface area contributed by atoms with Crippen LogP contribution in [0, 0.1) is 12.3 Å². The molecule has 1 atom stereocenters. The topological polar surface area (TPSA) is 77.9 Å². The van der Waals surface area contributed by atoms with Crippen molar-refractivity contribution in [3.8, 4) is 23.0 Å². The van der Waals surface area contributed by atoms with Crippen LogP contribution in [0.5, 0.6) is 0 Å². The van der Waals surface area contributed by atoms with Gasteiger partial charge in [-0.25, -0.2) is 9.97 Å². The predicted molar refractivity (Wildman–Crippen MR) is 97.7 cm³/mol. The van der Waals surface area contributed by atoms with Gasteiger partial charge in [0.2, 0.25) is 0 Å². The first-order chi connectivity index (χ1) is 12.2. The zero-order chi connectivity index (χ0) is 17.4. The van der Waals surface area contributed by atoms with Gasteiger partial charge in [-0.15, -0.1) is 17.8 Å². The number of aromatic nitrogens is 4. The molecule has 6 nitrogen and oxygen atoms in total.